The number of rotatable bonds is 5. The van der Waals surface area contributed by atoms with Crippen LogP contribution in [-0.2, 0) is 9.47 Å². The Bertz CT molecular complexity index is 147. The molecule has 0 saturated carbocycles. The van der Waals surface area contributed by atoms with Gasteiger partial charge in [-0.1, -0.05) is 6.58 Å². The first-order chi connectivity index (χ1) is 5.34. The van der Waals surface area contributed by atoms with Crippen molar-refractivity contribution >= 4 is 0 Å². The standard InChI is InChI=1S/C9H19NO2/c1-7(2)11-6-12-8(3)9(4,5)10/h7H,3,6,10H2,1-2,4-5H3. The minimum absolute atomic E-state index is 0.165. The van der Waals surface area contributed by atoms with Crippen molar-refractivity contribution in [2.75, 3.05) is 6.79 Å². The molecule has 3 nitrogen and oxygen atoms in total. The van der Waals surface area contributed by atoms with Crippen LogP contribution in [-0.4, -0.2) is 18.4 Å². The monoisotopic (exact) mass is 173 g/mol. The highest BCUT2D eigenvalue weighted by Crippen LogP contribution is 2.11. The highest BCUT2D eigenvalue weighted by Gasteiger charge is 2.16. The van der Waals surface area contributed by atoms with Gasteiger partial charge in [-0.2, -0.15) is 0 Å². The third-order valence-electron chi connectivity index (χ3n) is 1.35. The van der Waals surface area contributed by atoms with E-state index in [1.807, 2.05) is 27.7 Å². The molecule has 0 spiro atoms. The van der Waals surface area contributed by atoms with Crippen molar-refractivity contribution in [3.8, 4) is 0 Å². The Morgan fingerprint density at radius 2 is 2.00 bits per heavy atom. The normalized spacial score (nSPS) is 11.8. The molecular weight excluding hydrogens is 154 g/mol. The van der Waals surface area contributed by atoms with Gasteiger partial charge in [0.25, 0.3) is 0 Å². The van der Waals surface area contributed by atoms with E-state index in [-0.39, 0.29) is 12.9 Å². The molecule has 0 unspecified atom stereocenters. The predicted molar refractivity (Wildman–Crippen MR) is 49.6 cm³/mol. The average molecular weight is 173 g/mol. The molecule has 72 valence electrons. The van der Waals surface area contributed by atoms with Crippen molar-refractivity contribution in [1.29, 1.82) is 0 Å². The lowest BCUT2D eigenvalue weighted by Crippen LogP contribution is -2.35. The van der Waals surface area contributed by atoms with E-state index in [9.17, 15) is 0 Å². The fourth-order valence-corrected chi connectivity index (χ4v) is 0.427. The largest absolute Gasteiger partial charge is 0.471 e. The molecule has 3 heteroatoms. The minimum atomic E-state index is -0.500. The van der Waals surface area contributed by atoms with Crippen LogP contribution in [0.25, 0.3) is 0 Å². The fourth-order valence-electron chi connectivity index (χ4n) is 0.427. The van der Waals surface area contributed by atoms with Crippen LogP contribution in [0.5, 0.6) is 0 Å². The Labute approximate surface area is 74.5 Å². The zero-order chi connectivity index (χ0) is 9.78. The summed E-state index contributed by atoms with van der Waals surface area (Å²) in [4.78, 5) is 0. The highest BCUT2D eigenvalue weighted by molar-refractivity contribution is 5.02. The minimum Gasteiger partial charge on any atom is -0.471 e. The quantitative estimate of drug-likeness (QED) is 0.507. The van der Waals surface area contributed by atoms with Crippen LogP contribution in [0.4, 0.5) is 0 Å². The number of nitrogens with two attached hydrogens (primary N) is 1. The first-order valence-corrected chi connectivity index (χ1v) is 4.06. The lowest BCUT2D eigenvalue weighted by molar-refractivity contribution is -0.0591. The molecule has 0 radical (unpaired) electrons. The molecule has 12 heavy (non-hydrogen) atoms. The van der Waals surface area contributed by atoms with E-state index in [1.165, 1.54) is 0 Å². The van der Waals surface area contributed by atoms with Crippen molar-refractivity contribution in [3.05, 3.63) is 12.3 Å². The molecule has 0 fully saturated rings. The van der Waals surface area contributed by atoms with Gasteiger partial charge in [-0.3, -0.25) is 0 Å². The van der Waals surface area contributed by atoms with Crippen molar-refractivity contribution in [3.63, 3.8) is 0 Å². The molecule has 0 aromatic carbocycles. The van der Waals surface area contributed by atoms with Gasteiger partial charge < -0.3 is 15.2 Å². The lowest BCUT2D eigenvalue weighted by Gasteiger charge is -2.22. The van der Waals surface area contributed by atoms with Gasteiger partial charge in [-0.25, -0.2) is 0 Å². The summed E-state index contributed by atoms with van der Waals surface area (Å²) in [6.45, 7) is 11.5. The summed E-state index contributed by atoms with van der Waals surface area (Å²) in [5.41, 5.74) is 5.22. The van der Waals surface area contributed by atoms with Crippen LogP contribution in [0.15, 0.2) is 12.3 Å². The van der Waals surface area contributed by atoms with E-state index in [1.54, 1.807) is 0 Å². The van der Waals surface area contributed by atoms with Crippen molar-refractivity contribution in [2.24, 2.45) is 5.73 Å². The van der Waals surface area contributed by atoms with Crippen LogP contribution in [0.3, 0.4) is 0 Å². The van der Waals surface area contributed by atoms with Gasteiger partial charge in [-0.05, 0) is 27.7 Å². The van der Waals surface area contributed by atoms with Crippen LogP contribution in [0.2, 0.25) is 0 Å². The Morgan fingerprint density at radius 3 is 2.33 bits per heavy atom. The van der Waals surface area contributed by atoms with Gasteiger partial charge in [-0.15, -0.1) is 0 Å². The van der Waals surface area contributed by atoms with Crippen LogP contribution in [0, 0.1) is 0 Å². The van der Waals surface area contributed by atoms with E-state index >= 15 is 0 Å². The molecule has 0 aliphatic rings. The predicted octanol–water partition coefficient (Wildman–Crippen LogP) is 1.64. The van der Waals surface area contributed by atoms with Crippen LogP contribution in [0.1, 0.15) is 27.7 Å². The molecular formula is C9H19NO2. The molecule has 0 saturated heterocycles. The Kier molecular flexibility index (Phi) is 4.28. The molecule has 0 amide bonds. The van der Waals surface area contributed by atoms with E-state index in [4.69, 9.17) is 15.2 Å². The number of hydrogen-bond acceptors (Lipinski definition) is 3. The summed E-state index contributed by atoms with van der Waals surface area (Å²) >= 11 is 0. The van der Waals surface area contributed by atoms with E-state index in [0.717, 1.165) is 0 Å². The summed E-state index contributed by atoms with van der Waals surface area (Å²) in [6, 6.07) is 0. The van der Waals surface area contributed by atoms with Gasteiger partial charge in [0.1, 0.15) is 5.76 Å². The zero-order valence-corrected chi connectivity index (χ0v) is 8.39. The maximum atomic E-state index is 5.72. The second-order valence-corrected chi connectivity index (χ2v) is 3.62. The first-order valence-electron chi connectivity index (χ1n) is 4.06. The fraction of sp³-hybridized carbons (Fsp3) is 0.778. The van der Waals surface area contributed by atoms with E-state index < -0.39 is 5.54 Å². The summed E-state index contributed by atoms with van der Waals surface area (Å²) in [6.07, 6.45) is 0.165. The molecule has 0 bridgehead atoms. The molecule has 0 aromatic heterocycles. The highest BCUT2D eigenvalue weighted by atomic mass is 16.7. The van der Waals surface area contributed by atoms with Gasteiger partial charge in [0.05, 0.1) is 11.6 Å². The third-order valence-corrected chi connectivity index (χ3v) is 1.35. The molecule has 0 rings (SSSR count). The van der Waals surface area contributed by atoms with Crippen LogP contribution < -0.4 is 5.73 Å². The SMILES string of the molecule is C=C(OCOC(C)C)C(C)(C)N. The second kappa shape index (κ2) is 4.48. The summed E-state index contributed by atoms with van der Waals surface area (Å²) in [7, 11) is 0. The zero-order valence-electron chi connectivity index (χ0n) is 8.39. The second-order valence-electron chi connectivity index (χ2n) is 3.62. The maximum Gasteiger partial charge on any atom is 0.188 e. The van der Waals surface area contributed by atoms with Crippen LogP contribution >= 0.6 is 0 Å². The first kappa shape index (κ1) is 11.5. The summed E-state index contributed by atoms with van der Waals surface area (Å²) in [5, 5.41) is 0. The van der Waals surface area contributed by atoms with E-state index in [0.29, 0.717) is 5.76 Å². The molecule has 0 heterocycles. The molecule has 2 N–H and O–H groups in total. The molecule has 0 aliphatic carbocycles. The van der Waals surface area contributed by atoms with Gasteiger partial charge in [0.2, 0.25) is 0 Å². The molecule has 0 aromatic rings. The molecule has 0 aliphatic heterocycles. The maximum absolute atomic E-state index is 5.72. The topological polar surface area (TPSA) is 44.5 Å². The van der Waals surface area contributed by atoms with Gasteiger partial charge in [0, 0.05) is 0 Å². The Morgan fingerprint density at radius 1 is 1.50 bits per heavy atom. The Hall–Kier alpha value is -0.540. The average Bonchev–Trinajstić information content (AvgIpc) is 1.84. The van der Waals surface area contributed by atoms with Crippen molar-refractivity contribution < 1.29 is 9.47 Å². The smallest absolute Gasteiger partial charge is 0.188 e. The van der Waals surface area contributed by atoms with Gasteiger partial charge in [0.15, 0.2) is 6.79 Å². The number of hydrogen-bond donors (Lipinski definition) is 1. The van der Waals surface area contributed by atoms with Gasteiger partial charge >= 0.3 is 0 Å². The lowest BCUT2D eigenvalue weighted by atomic mass is 10.1. The third kappa shape index (κ3) is 5.16. The van der Waals surface area contributed by atoms with Crippen molar-refractivity contribution in [1.82, 2.24) is 0 Å². The Balaban J connectivity index is 3.59. The van der Waals surface area contributed by atoms with Crippen molar-refractivity contribution in [2.45, 2.75) is 39.3 Å². The van der Waals surface area contributed by atoms with E-state index in [2.05, 4.69) is 6.58 Å². The number of ether oxygens (including phenoxy) is 2. The summed E-state index contributed by atoms with van der Waals surface area (Å²) < 4.78 is 10.3. The summed E-state index contributed by atoms with van der Waals surface area (Å²) in [5.74, 6) is 0.545. The molecule has 0 atom stereocenters.